The van der Waals surface area contributed by atoms with Gasteiger partial charge in [0.2, 0.25) is 5.91 Å². The molecule has 0 saturated carbocycles. The second-order valence-electron chi connectivity index (χ2n) is 6.46. The van der Waals surface area contributed by atoms with Crippen molar-refractivity contribution in [2.75, 3.05) is 11.1 Å². The molecule has 0 aliphatic rings. The van der Waals surface area contributed by atoms with E-state index in [2.05, 4.69) is 20.3 Å². The van der Waals surface area contributed by atoms with E-state index in [9.17, 15) is 14.0 Å². The number of nitrogens with zero attached hydrogens (tertiary/aromatic N) is 4. The second-order valence-corrected chi connectivity index (χ2v) is 7.84. The van der Waals surface area contributed by atoms with Crippen molar-refractivity contribution in [3.63, 3.8) is 0 Å². The average molecular weight is 456 g/mol. The molecule has 0 bridgehead atoms. The van der Waals surface area contributed by atoms with Crippen LogP contribution in [-0.4, -0.2) is 31.2 Å². The molecule has 0 fully saturated rings. The van der Waals surface area contributed by atoms with Crippen LogP contribution in [0.3, 0.4) is 0 Å². The smallest absolute Gasteiger partial charge is 0.282 e. The molecule has 0 unspecified atom stereocenters. The molecule has 0 aliphatic heterocycles. The number of benzene rings is 2. The van der Waals surface area contributed by atoms with E-state index in [1.807, 2.05) is 0 Å². The summed E-state index contributed by atoms with van der Waals surface area (Å²) in [5.41, 5.74) is 0.872. The number of rotatable bonds is 6. The van der Waals surface area contributed by atoms with Crippen LogP contribution in [-0.2, 0) is 11.3 Å². The van der Waals surface area contributed by atoms with E-state index >= 15 is 0 Å². The summed E-state index contributed by atoms with van der Waals surface area (Å²) in [6, 6.07) is 12.9. The van der Waals surface area contributed by atoms with Crippen molar-refractivity contribution in [2.24, 2.45) is 0 Å². The maximum absolute atomic E-state index is 13.8. The van der Waals surface area contributed by atoms with Gasteiger partial charge in [-0.15, -0.1) is 0 Å². The van der Waals surface area contributed by atoms with Gasteiger partial charge >= 0.3 is 0 Å². The molecule has 10 heteroatoms. The molecule has 31 heavy (non-hydrogen) atoms. The minimum atomic E-state index is -0.528. The molecule has 4 rings (SSSR count). The van der Waals surface area contributed by atoms with Gasteiger partial charge in [0.25, 0.3) is 5.56 Å². The third-order valence-corrected chi connectivity index (χ3v) is 5.52. The van der Waals surface area contributed by atoms with Crippen LogP contribution < -0.4 is 10.9 Å². The van der Waals surface area contributed by atoms with Crippen molar-refractivity contribution >= 4 is 46.1 Å². The van der Waals surface area contributed by atoms with Crippen LogP contribution in [0.5, 0.6) is 0 Å². The van der Waals surface area contributed by atoms with Gasteiger partial charge in [-0.3, -0.25) is 14.2 Å². The second kappa shape index (κ2) is 9.23. The number of carbonyl (C=O) groups is 1. The molecular formula is C21H15ClFN5O2S. The van der Waals surface area contributed by atoms with Gasteiger partial charge in [-0.1, -0.05) is 47.6 Å². The first-order chi connectivity index (χ1) is 15.0. The standard InChI is InChI=1S/C21H15ClFN5O2S/c22-14-7-5-13(6-8-14)11-28-20(30)18-19(25-10-9-24-18)27-21(28)31-12-17(29)26-16-4-2-1-3-15(16)23/h1-10H,11-12H2,(H,26,29). The Morgan fingerprint density at radius 3 is 2.61 bits per heavy atom. The Morgan fingerprint density at radius 2 is 1.84 bits per heavy atom. The quantitative estimate of drug-likeness (QED) is 0.352. The normalized spacial score (nSPS) is 10.9. The number of hydrogen-bond donors (Lipinski definition) is 1. The van der Waals surface area contributed by atoms with Crippen LogP contribution in [0.15, 0.2) is 70.9 Å². The summed E-state index contributed by atoms with van der Waals surface area (Å²) in [4.78, 5) is 38.0. The lowest BCUT2D eigenvalue weighted by atomic mass is 10.2. The molecule has 2 heterocycles. The Balaban J connectivity index is 1.62. The lowest BCUT2D eigenvalue weighted by Gasteiger charge is -2.13. The summed E-state index contributed by atoms with van der Waals surface area (Å²) >= 11 is 7.00. The number of hydrogen-bond acceptors (Lipinski definition) is 6. The summed E-state index contributed by atoms with van der Waals surface area (Å²) in [7, 11) is 0. The number of anilines is 1. The summed E-state index contributed by atoms with van der Waals surface area (Å²) in [6.07, 6.45) is 2.87. The number of aromatic nitrogens is 4. The fourth-order valence-corrected chi connectivity index (χ4v) is 3.74. The van der Waals surface area contributed by atoms with Gasteiger partial charge in [0.05, 0.1) is 18.0 Å². The first-order valence-electron chi connectivity index (χ1n) is 9.14. The van der Waals surface area contributed by atoms with E-state index in [-0.39, 0.29) is 34.7 Å². The Bertz CT molecular complexity index is 1310. The van der Waals surface area contributed by atoms with Crippen molar-refractivity contribution in [1.82, 2.24) is 19.5 Å². The largest absolute Gasteiger partial charge is 0.323 e. The molecule has 1 amide bonds. The van der Waals surface area contributed by atoms with Crippen LogP contribution in [0.2, 0.25) is 5.02 Å². The number of fused-ring (bicyclic) bond motifs is 1. The van der Waals surface area contributed by atoms with Crippen LogP contribution in [0.1, 0.15) is 5.56 Å². The third kappa shape index (κ3) is 4.89. The van der Waals surface area contributed by atoms with E-state index < -0.39 is 11.7 Å². The lowest BCUT2D eigenvalue weighted by molar-refractivity contribution is -0.113. The minimum Gasteiger partial charge on any atom is -0.323 e. The van der Waals surface area contributed by atoms with Gasteiger partial charge in [0, 0.05) is 17.4 Å². The Hall–Kier alpha value is -3.30. The van der Waals surface area contributed by atoms with Crippen LogP contribution in [0.4, 0.5) is 10.1 Å². The van der Waals surface area contributed by atoms with Gasteiger partial charge in [0.1, 0.15) is 5.82 Å². The van der Waals surface area contributed by atoms with Crippen molar-refractivity contribution in [3.05, 3.63) is 87.7 Å². The molecular weight excluding hydrogens is 441 g/mol. The average Bonchev–Trinajstić information content (AvgIpc) is 2.77. The van der Waals surface area contributed by atoms with Gasteiger partial charge in [0.15, 0.2) is 16.3 Å². The van der Waals surface area contributed by atoms with E-state index in [0.717, 1.165) is 17.3 Å². The van der Waals surface area contributed by atoms with E-state index in [1.165, 1.54) is 35.2 Å². The summed E-state index contributed by atoms with van der Waals surface area (Å²) in [5.74, 6) is -1.03. The maximum Gasteiger partial charge on any atom is 0.282 e. The summed E-state index contributed by atoms with van der Waals surface area (Å²) < 4.78 is 15.2. The van der Waals surface area contributed by atoms with Crippen molar-refractivity contribution < 1.29 is 9.18 Å². The Kier molecular flexibility index (Phi) is 6.24. The van der Waals surface area contributed by atoms with Gasteiger partial charge < -0.3 is 5.32 Å². The van der Waals surface area contributed by atoms with E-state index in [1.54, 1.807) is 30.3 Å². The first kappa shape index (κ1) is 21.0. The van der Waals surface area contributed by atoms with E-state index in [4.69, 9.17) is 11.6 Å². The van der Waals surface area contributed by atoms with Crippen molar-refractivity contribution in [3.8, 4) is 0 Å². The molecule has 1 N–H and O–H groups in total. The maximum atomic E-state index is 13.8. The molecule has 2 aromatic carbocycles. The predicted octanol–water partition coefficient (Wildman–Crippen LogP) is 3.76. The number of para-hydroxylation sites is 1. The topological polar surface area (TPSA) is 89.8 Å². The van der Waals surface area contributed by atoms with Gasteiger partial charge in [-0.05, 0) is 29.8 Å². The molecule has 4 aromatic rings. The lowest BCUT2D eigenvalue weighted by Crippen LogP contribution is -2.26. The van der Waals surface area contributed by atoms with E-state index in [0.29, 0.717) is 10.2 Å². The number of halogens is 2. The van der Waals surface area contributed by atoms with Crippen molar-refractivity contribution in [1.29, 1.82) is 0 Å². The SMILES string of the molecule is O=C(CSc1nc2nccnc2c(=O)n1Cc1ccc(Cl)cc1)Nc1ccccc1F. The predicted molar refractivity (Wildman–Crippen MR) is 118 cm³/mol. The zero-order valence-corrected chi connectivity index (χ0v) is 17.5. The van der Waals surface area contributed by atoms with Gasteiger partial charge in [-0.2, -0.15) is 0 Å². The highest BCUT2D eigenvalue weighted by molar-refractivity contribution is 7.99. The highest BCUT2D eigenvalue weighted by atomic mass is 35.5. The zero-order valence-electron chi connectivity index (χ0n) is 16.0. The number of thioether (sulfide) groups is 1. The molecule has 0 radical (unpaired) electrons. The zero-order chi connectivity index (χ0) is 21.8. The molecule has 0 saturated heterocycles. The van der Waals surface area contributed by atoms with Crippen LogP contribution in [0.25, 0.3) is 11.2 Å². The van der Waals surface area contributed by atoms with Gasteiger partial charge in [-0.25, -0.2) is 19.3 Å². The minimum absolute atomic E-state index is 0.0762. The number of carbonyl (C=O) groups excluding carboxylic acids is 1. The monoisotopic (exact) mass is 455 g/mol. The first-order valence-corrected chi connectivity index (χ1v) is 10.5. The molecule has 156 valence electrons. The fraction of sp³-hybridized carbons (Fsp3) is 0.0952. The molecule has 7 nitrogen and oxygen atoms in total. The molecule has 0 aliphatic carbocycles. The van der Waals surface area contributed by atoms with Crippen LogP contribution >= 0.6 is 23.4 Å². The summed E-state index contributed by atoms with van der Waals surface area (Å²) in [5, 5.41) is 3.40. The highest BCUT2D eigenvalue weighted by Crippen LogP contribution is 2.19. The molecule has 0 atom stereocenters. The number of amides is 1. The third-order valence-electron chi connectivity index (χ3n) is 4.29. The molecule has 2 aromatic heterocycles. The molecule has 0 spiro atoms. The number of nitrogens with one attached hydrogen (secondary N) is 1. The highest BCUT2D eigenvalue weighted by Gasteiger charge is 2.16. The Morgan fingerprint density at radius 1 is 1.10 bits per heavy atom. The summed E-state index contributed by atoms with van der Waals surface area (Å²) in [6.45, 7) is 0.215. The van der Waals surface area contributed by atoms with Crippen LogP contribution in [0, 0.1) is 5.82 Å². The fourth-order valence-electron chi connectivity index (χ4n) is 2.83. The Labute approximate surface area is 185 Å². The van der Waals surface area contributed by atoms with Crippen molar-refractivity contribution in [2.45, 2.75) is 11.7 Å².